The minimum atomic E-state index is -0.760. The van der Waals surface area contributed by atoms with Crippen LogP contribution in [0.1, 0.15) is 297 Å². The van der Waals surface area contributed by atoms with Crippen molar-refractivity contribution in [1.82, 2.24) is 0 Å². The fourth-order valence-corrected chi connectivity index (χ4v) is 8.04. The number of esters is 3. The SMILES string of the molecule is CCCCCCCCCCCCCCCCC(=O)OC[C@H](COC(=O)CCCCCCCCCCCCCCCC(C)C)OC(=O)CCCCCCCCCCCCC. The molecule has 350 valence electrons. The van der Waals surface area contributed by atoms with Crippen molar-refractivity contribution in [2.45, 2.75) is 303 Å². The molecular formula is C53H102O6. The average Bonchev–Trinajstić information content (AvgIpc) is 3.22. The molecule has 0 aromatic carbocycles. The fourth-order valence-electron chi connectivity index (χ4n) is 8.04. The summed E-state index contributed by atoms with van der Waals surface area (Å²) in [5, 5.41) is 0. The van der Waals surface area contributed by atoms with Gasteiger partial charge in [0.15, 0.2) is 6.10 Å². The van der Waals surface area contributed by atoms with E-state index >= 15 is 0 Å². The third-order valence-corrected chi connectivity index (χ3v) is 12.0. The molecule has 59 heavy (non-hydrogen) atoms. The Morgan fingerprint density at radius 2 is 0.559 bits per heavy atom. The van der Waals surface area contributed by atoms with Gasteiger partial charge in [0.25, 0.3) is 0 Å². The highest BCUT2D eigenvalue weighted by Crippen LogP contribution is 2.17. The first-order valence-electron chi connectivity index (χ1n) is 26.4. The predicted octanol–water partition coefficient (Wildman–Crippen LogP) is 17.1. The maximum atomic E-state index is 12.8. The smallest absolute Gasteiger partial charge is 0.306 e. The van der Waals surface area contributed by atoms with Crippen LogP contribution in [-0.4, -0.2) is 37.2 Å². The topological polar surface area (TPSA) is 78.9 Å². The Labute approximate surface area is 368 Å². The molecule has 0 spiro atoms. The Kier molecular flexibility index (Phi) is 46.2. The van der Waals surface area contributed by atoms with E-state index in [1.54, 1.807) is 0 Å². The molecule has 0 saturated heterocycles. The molecule has 0 bridgehead atoms. The first-order chi connectivity index (χ1) is 28.9. The Morgan fingerprint density at radius 1 is 0.322 bits per heavy atom. The van der Waals surface area contributed by atoms with E-state index in [1.807, 2.05) is 0 Å². The maximum Gasteiger partial charge on any atom is 0.306 e. The Morgan fingerprint density at radius 3 is 0.831 bits per heavy atom. The average molecular weight is 835 g/mol. The largest absolute Gasteiger partial charge is 0.462 e. The minimum Gasteiger partial charge on any atom is -0.462 e. The summed E-state index contributed by atoms with van der Waals surface area (Å²) < 4.78 is 16.8. The summed E-state index contributed by atoms with van der Waals surface area (Å²) in [7, 11) is 0. The van der Waals surface area contributed by atoms with Crippen LogP contribution >= 0.6 is 0 Å². The molecule has 0 aliphatic carbocycles. The highest BCUT2D eigenvalue weighted by Gasteiger charge is 2.19. The third-order valence-electron chi connectivity index (χ3n) is 12.0. The first-order valence-corrected chi connectivity index (χ1v) is 26.4. The number of unbranched alkanes of at least 4 members (excludes halogenated alkanes) is 35. The van der Waals surface area contributed by atoms with Gasteiger partial charge in [-0.3, -0.25) is 14.4 Å². The van der Waals surface area contributed by atoms with Gasteiger partial charge in [0.05, 0.1) is 0 Å². The van der Waals surface area contributed by atoms with Gasteiger partial charge in [0.2, 0.25) is 0 Å². The molecule has 6 nitrogen and oxygen atoms in total. The molecule has 0 aromatic rings. The van der Waals surface area contributed by atoms with E-state index in [-0.39, 0.29) is 31.1 Å². The van der Waals surface area contributed by atoms with Crippen LogP contribution in [0.2, 0.25) is 0 Å². The number of hydrogen-bond donors (Lipinski definition) is 0. The van der Waals surface area contributed by atoms with Crippen molar-refractivity contribution < 1.29 is 28.6 Å². The molecule has 0 saturated carbocycles. The highest BCUT2D eigenvalue weighted by molar-refractivity contribution is 5.71. The third kappa shape index (κ3) is 47.3. The van der Waals surface area contributed by atoms with Crippen molar-refractivity contribution >= 4 is 17.9 Å². The van der Waals surface area contributed by atoms with E-state index in [9.17, 15) is 14.4 Å². The quantitative estimate of drug-likeness (QED) is 0.0345. The molecule has 0 rings (SSSR count). The minimum absolute atomic E-state index is 0.0625. The molecule has 0 heterocycles. The van der Waals surface area contributed by atoms with E-state index < -0.39 is 6.10 Å². The van der Waals surface area contributed by atoms with Crippen LogP contribution in [-0.2, 0) is 28.6 Å². The van der Waals surface area contributed by atoms with Crippen molar-refractivity contribution in [1.29, 1.82) is 0 Å². The molecule has 0 unspecified atom stereocenters. The lowest BCUT2D eigenvalue weighted by Crippen LogP contribution is -2.30. The summed E-state index contributed by atoms with van der Waals surface area (Å²) in [5.74, 6) is -0.00313. The zero-order chi connectivity index (χ0) is 43.1. The molecule has 0 aromatic heterocycles. The van der Waals surface area contributed by atoms with Crippen molar-refractivity contribution in [3.63, 3.8) is 0 Å². The van der Waals surface area contributed by atoms with Crippen molar-refractivity contribution in [2.75, 3.05) is 13.2 Å². The fraction of sp³-hybridized carbons (Fsp3) is 0.943. The van der Waals surface area contributed by atoms with Gasteiger partial charge in [-0.05, 0) is 25.2 Å². The Balaban J connectivity index is 4.28. The molecule has 0 fully saturated rings. The monoisotopic (exact) mass is 835 g/mol. The molecule has 0 aliphatic rings. The first kappa shape index (κ1) is 57.4. The van der Waals surface area contributed by atoms with Crippen molar-refractivity contribution in [2.24, 2.45) is 5.92 Å². The second-order valence-corrected chi connectivity index (χ2v) is 18.6. The molecule has 0 radical (unpaired) electrons. The summed E-state index contributed by atoms with van der Waals surface area (Å²) in [5.41, 5.74) is 0. The summed E-state index contributed by atoms with van der Waals surface area (Å²) in [6.45, 7) is 9.03. The van der Waals surface area contributed by atoms with Gasteiger partial charge >= 0.3 is 17.9 Å². The molecule has 6 heteroatoms. The molecule has 0 amide bonds. The second-order valence-electron chi connectivity index (χ2n) is 18.6. The van der Waals surface area contributed by atoms with Crippen LogP contribution in [0, 0.1) is 5.92 Å². The number of ether oxygens (including phenoxy) is 3. The number of carbonyl (C=O) groups excluding carboxylic acids is 3. The summed E-state index contributed by atoms with van der Waals surface area (Å²) in [6, 6.07) is 0. The zero-order valence-corrected chi connectivity index (χ0v) is 40.2. The maximum absolute atomic E-state index is 12.8. The molecule has 1 atom stereocenters. The molecule has 0 N–H and O–H groups in total. The predicted molar refractivity (Wildman–Crippen MR) is 252 cm³/mol. The summed E-state index contributed by atoms with van der Waals surface area (Å²) in [6.07, 6.45) is 49.4. The number of carbonyl (C=O) groups is 3. The standard InChI is InChI=1S/C53H102O6/c1-5-7-9-11-13-15-17-18-21-25-28-32-36-40-44-51(54)57-47-50(59-53(56)46-42-38-34-30-23-16-14-12-10-8-6-2)48-58-52(55)45-41-37-33-29-26-22-19-20-24-27-31-35-39-43-49(3)4/h49-50H,5-48H2,1-4H3/t50-/m1/s1. The van der Waals surface area contributed by atoms with E-state index in [0.29, 0.717) is 19.3 Å². The molecule has 0 aliphatic heterocycles. The zero-order valence-electron chi connectivity index (χ0n) is 40.2. The summed E-state index contributed by atoms with van der Waals surface area (Å²) >= 11 is 0. The second kappa shape index (κ2) is 47.5. The van der Waals surface area contributed by atoms with Crippen LogP contribution in [0.5, 0.6) is 0 Å². The molecular weight excluding hydrogens is 733 g/mol. The lowest BCUT2D eigenvalue weighted by atomic mass is 10.0. The lowest BCUT2D eigenvalue weighted by molar-refractivity contribution is -0.167. The van der Waals surface area contributed by atoms with Gasteiger partial charge in [-0.1, -0.05) is 259 Å². The van der Waals surface area contributed by atoms with Gasteiger partial charge in [0.1, 0.15) is 13.2 Å². The van der Waals surface area contributed by atoms with Gasteiger partial charge in [-0.25, -0.2) is 0 Å². The highest BCUT2D eigenvalue weighted by atomic mass is 16.6. The van der Waals surface area contributed by atoms with E-state index in [0.717, 1.165) is 63.7 Å². The Bertz CT molecular complexity index is 887. The normalized spacial score (nSPS) is 11.9. The van der Waals surface area contributed by atoms with Crippen LogP contribution in [0.25, 0.3) is 0 Å². The number of hydrogen-bond acceptors (Lipinski definition) is 6. The van der Waals surface area contributed by atoms with Gasteiger partial charge in [0, 0.05) is 19.3 Å². The van der Waals surface area contributed by atoms with Gasteiger partial charge < -0.3 is 14.2 Å². The van der Waals surface area contributed by atoms with E-state index in [1.165, 1.54) is 193 Å². The Hall–Kier alpha value is -1.59. The van der Waals surface area contributed by atoms with Gasteiger partial charge in [-0.2, -0.15) is 0 Å². The lowest BCUT2D eigenvalue weighted by Gasteiger charge is -2.18. The van der Waals surface area contributed by atoms with E-state index in [2.05, 4.69) is 27.7 Å². The van der Waals surface area contributed by atoms with Crippen molar-refractivity contribution in [3.8, 4) is 0 Å². The van der Waals surface area contributed by atoms with Crippen LogP contribution < -0.4 is 0 Å². The van der Waals surface area contributed by atoms with Crippen LogP contribution in [0.15, 0.2) is 0 Å². The number of rotatable bonds is 48. The van der Waals surface area contributed by atoms with Crippen LogP contribution in [0.3, 0.4) is 0 Å². The van der Waals surface area contributed by atoms with Crippen LogP contribution in [0.4, 0.5) is 0 Å². The van der Waals surface area contributed by atoms with E-state index in [4.69, 9.17) is 14.2 Å². The van der Waals surface area contributed by atoms with Crippen molar-refractivity contribution in [3.05, 3.63) is 0 Å². The summed E-state index contributed by atoms with van der Waals surface area (Å²) in [4.78, 5) is 37.9. The van der Waals surface area contributed by atoms with Gasteiger partial charge in [-0.15, -0.1) is 0 Å².